The molecule has 1 N–H and O–H groups in total. The molecule has 1 aliphatic heterocycles. The SMILES string of the molecule is O=C1CC[C@](c2ccccc2)(c2ccc(C(=O)c3ccccc3)cc2)C(=O)N1. The van der Waals surface area contributed by atoms with E-state index in [2.05, 4.69) is 5.32 Å². The Kier molecular flexibility index (Phi) is 4.62. The van der Waals surface area contributed by atoms with Crippen molar-refractivity contribution >= 4 is 17.6 Å². The zero-order valence-corrected chi connectivity index (χ0v) is 15.2. The van der Waals surface area contributed by atoms with Gasteiger partial charge in [-0.25, -0.2) is 0 Å². The molecule has 0 bridgehead atoms. The van der Waals surface area contributed by atoms with Gasteiger partial charge in [-0.1, -0.05) is 84.9 Å². The van der Waals surface area contributed by atoms with Gasteiger partial charge in [0.05, 0.1) is 5.41 Å². The van der Waals surface area contributed by atoms with Crippen LogP contribution in [0.25, 0.3) is 0 Å². The molecule has 1 atom stereocenters. The predicted octanol–water partition coefficient (Wildman–Crippen LogP) is 3.64. The molecule has 4 heteroatoms. The maximum atomic E-state index is 13.0. The molecule has 1 fully saturated rings. The van der Waals surface area contributed by atoms with Crippen molar-refractivity contribution in [3.63, 3.8) is 0 Å². The fourth-order valence-electron chi connectivity index (χ4n) is 3.81. The van der Waals surface area contributed by atoms with Crippen LogP contribution in [0.5, 0.6) is 0 Å². The van der Waals surface area contributed by atoms with Crippen LogP contribution in [0, 0.1) is 0 Å². The molecule has 0 aromatic heterocycles. The summed E-state index contributed by atoms with van der Waals surface area (Å²) in [7, 11) is 0. The number of benzene rings is 3. The Labute approximate surface area is 163 Å². The van der Waals surface area contributed by atoms with Gasteiger partial charge in [-0.3, -0.25) is 19.7 Å². The van der Waals surface area contributed by atoms with Crippen LogP contribution >= 0.6 is 0 Å². The third-order valence-electron chi connectivity index (χ3n) is 5.31. The minimum Gasteiger partial charge on any atom is -0.295 e. The molecular formula is C24H19NO3. The van der Waals surface area contributed by atoms with Gasteiger partial charge < -0.3 is 0 Å². The minimum atomic E-state index is -0.941. The van der Waals surface area contributed by atoms with Crippen LogP contribution in [0.3, 0.4) is 0 Å². The highest BCUT2D eigenvalue weighted by molar-refractivity contribution is 6.09. The molecule has 3 aromatic rings. The molecule has 0 aliphatic carbocycles. The van der Waals surface area contributed by atoms with Crippen LogP contribution in [-0.4, -0.2) is 17.6 Å². The first kappa shape index (κ1) is 17.9. The van der Waals surface area contributed by atoms with E-state index in [9.17, 15) is 14.4 Å². The summed E-state index contributed by atoms with van der Waals surface area (Å²) in [5, 5.41) is 2.49. The highest BCUT2D eigenvalue weighted by atomic mass is 16.2. The zero-order valence-electron chi connectivity index (χ0n) is 15.2. The summed E-state index contributed by atoms with van der Waals surface area (Å²) in [5.74, 6) is -0.645. The lowest BCUT2D eigenvalue weighted by molar-refractivity contribution is -0.136. The van der Waals surface area contributed by atoms with E-state index < -0.39 is 5.41 Å². The molecule has 0 unspecified atom stereocenters. The largest absolute Gasteiger partial charge is 0.295 e. The molecular weight excluding hydrogens is 350 g/mol. The van der Waals surface area contributed by atoms with Gasteiger partial charge in [-0.2, -0.15) is 0 Å². The fourth-order valence-corrected chi connectivity index (χ4v) is 3.81. The molecule has 28 heavy (non-hydrogen) atoms. The van der Waals surface area contributed by atoms with Crippen molar-refractivity contribution in [2.45, 2.75) is 18.3 Å². The molecule has 3 aromatic carbocycles. The minimum absolute atomic E-state index is 0.0656. The summed E-state index contributed by atoms with van der Waals surface area (Å²) >= 11 is 0. The molecule has 1 aliphatic rings. The monoisotopic (exact) mass is 369 g/mol. The lowest BCUT2D eigenvalue weighted by Gasteiger charge is -2.36. The second-order valence-corrected chi connectivity index (χ2v) is 6.92. The zero-order chi connectivity index (χ0) is 19.6. The van der Waals surface area contributed by atoms with Crippen molar-refractivity contribution in [3.8, 4) is 0 Å². The third-order valence-corrected chi connectivity index (χ3v) is 5.31. The topological polar surface area (TPSA) is 63.2 Å². The van der Waals surface area contributed by atoms with Crippen LogP contribution in [-0.2, 0) is 15.0 Å². The first-order valence-corrected chi connectivity index (χ1v) is 9.21. The number of imide groups is 1. The van der Waals surface area contributed by atoms with Crippen LogP contribution in [0.4, 0.5) is 0 Å². The maximum Gasteiger partial charge on any atom is 0.241 e. The Morgan fingerprint density at radius 2 is 1.25 bits per heavy atom. The average Bonchev–Trinajstić information content (AvgIpc) is 2.75. The second-order valence-electron chi connectivity index (χ2n) is 6.92. The molecule has 1 saturated heterocycles. The van der Waals surface area contributed by atoms with Crippen LogP contribution < -0.4 is 5.32 Å². The number of carbonyl (C=O) groups excluding carboxylic acids is 3. The lowest BCUT2D eigenvalue weighted by atomic mass is 9.69. The molecule has 2 amide bonds. The molecule has 4 rings (SSSR count). The predicted molar refractivity (Wildman–Crippen MR) is 106 cm³/mol. The van der Waals surface area contributed by atoms with E-state index in [1.54, 1.807) is 24.3 Å². The van der Waals surface area contributed by atoms with Crippen molar-refractivity contribution in [1.29, 1.82) is 0 Å². The Bertz CT molecular complexity index is 1030. The highest BCUT2D eigenvalue weighted by Crippen LogP contribution is 2.39. The van der Waals surface area contributed by atoms with E-state index in [0.29, 0.717) is 17.5 Å². The molecule has 0 saturated carbocycles. The van der Waals surface area contributed by atoms with Gasteiger partial charge in [-0.05, 0) is 17.5 Å². The summed E-state index contributed by atoms with van der Waals surface area (Å²) in [6.07, 6.45) is 0.666. The van der Waals surface area contributed by atoms with Crippen molar-refractivity contribution < 1.29 is 14.4 Å². The summed E-state index contributed by atoms with van der Waals surface area (Å²) in [6.45, 7) is 0. The Morgan fingerprint density at radius 3 is 1.86 bits per heavy atom. The van der Waals surface area contributed by atoms with Gasteiger partial charge in [-0.15, -0.1) is 0 Å². The van der Waals surface area contributed by atoms with Gasteiger partial charge >= 0.3 is 0 Å². The van der Waals surface area contributed by atoms with E-state index in [1.165, 1.54) is 0 Å². The molecule has 138 valence electrons. The summed E-state index contributed by atoms with van der Waals surface area (Å²) in [5.41, 5.74) is 1.85. The van der Waals surface area contributed by atoms with E-state index in [4.69, 9.17) is 0 Å². The van der Waals surface area contributed by atoms with Gasteiger partial charge in [0.15, 0.2) is 5.78 Å². The van der Waals surface area contributed by atoms with E-state index in [1.807, 2.05) is 60.7 Å². The van der Waals surface area contributed by atoms with Gasteiger partial charge in [0, 0.05) is 17.5 Å². The number of hydrogen-bond donors (Lipinski definition) is 1. The Hall–Kier alpha value is -3.53. The standard InChI is InChI=1S/C24H19NO3/c26-21-15-16-24(23(28)25-21,19-9-5-2-6-10-19)20-13-11-18(12-14-20)22(27)17-7-3-1-4-8-17/h1-14H,15-16H2,(H,25,26,28)/t24-/m0/s1. The highest BCUT2D eigenvalue weighted by Gasteiger charge is 2.45. The van der Waals surface area contributed by atoms with Gasteiger partial charge in [0.2, 0.25) is 11.8 Å². The third kappa shape index (κ3) is 3.03. The molecule has 0 radical (unpaired) electrons. The summed E-state index contributed by atoms with van der Waals surface area (Å²) < 4.78 is 0. The van der Waals surface area contributed by atoms with Crippen LogP contribution in [0.15, 0.2) is 84.9 Å². The maximum absolute atomic E-state index is 13.0. The number of rotatable bonds is 4. The van der Waals surface area contributed by atoms with Gasteiger partial charge in [0.25, 0.3) is 0 Å². The van der Waals surface area contributed by atoms with Crippen molar-refractivity contribution in [2.24, 2.45) is 0 Å². The van der Waals surface area contributed by atoms with Crippen molar-refractivity contribution in [2.75, 3.05) is 0 Å². The molecule has 0 spiro atoms. The summed E-state index contributed by atoms with van der Waals surface area (Å²) in [6, 6.07) is 25.7. The molecule has 4 nitrogen and oxygen atoms in total. The smallest absolute Gasteiger partial charge is 0.241 e. The fraction of sp³-hybridized carbons (Fsp3) is 0.125. The number of nitrogens with one attached hydrogen (secondary N) is 1. The van der Waals surface area contributed by atoms with Crippen LogP contribution in [0.2, 0.25) is 0 Å². The first-order valence-electron chi connectivity index (χ1n) is 9.21. The average molecular weight is 369 g/mol. The van der Waals surface area contributed by atoms with Crippen molar-refractivity contribution in [3.05, 3.63) is 107 Å². The van der Waals surface area contributed by atoms with Crippen molar-refractivity contribution in [1.82, 2.24) is 5.32 Å². The Morgan fingerprint density at radius 1 is 0.714 bits per heavy atom. The van der Waals surface area contributed by atoms with Crippen LogP contribution in [0.1, 0.15) is 39.9 Å². The number of hydrogen-bond acceptors (Lipinski definition) is 3. The second kappa shape index (κ2) is 7.24. The van der Waals surface area contributed by atoms with E-state index in [-0.39, 0.29) is 24.0 Å². The Balaban J connectivity index is 1.75. The summed E-state index contributed by atoms with van der Waals surface area (Å²) in [4.78, 5) is 37.4. The quantitative estimate of drug-likeness (QED) is 0.564. The normalized spacial score (nSPS) is 19.1. The van der Waals surface area contributed by atoms with Gasteiger partial charge in [0.1, 0.15) is 0 Å². The first-order chi connectivity index (χ1) is 13.6. The van der Waals surface area contributed by atoms with E-state index >= 15 is 0 Å². The lowest BCUT2D eigenvalue weighted by Crippen LogP contribution is -2.52. The van der Waals surface area contributed by atoms with E-state index in [0.717, 1.165) is 11.1 Å². The number of ketones is 1. The molecule has 1 heterocycles. The number of carbonyl (C=O) groups is 3. The number of piperidine rings is 1. The number of amides is 2.